The van der Waals surface area contributed by atoms with Crippen molar-refractivity contribution >= 4 is 5.95 Å². The Kier molecular flexibility index (Phi) is 5.07. The molecule has 0 radical (unpaired) electrons. The van der Waals surface area contributed by atoms with Gasteiger partial charge in [0.2, 0.25) is 5.95 Å². The van der Waals surface area contributed by atoms with Gasteiger partial charge < -0.3 is 10.6 Å². The zero-order chi connectivity index (χ0) is 18.6. The van der Waals surface area contributed by atoms with Crippen LogP contribution in [-0.4, -0.2) is 29.1 Å². The normalized spacial score (nSPS) is 14.9. The van der Waals surface area contributed by atoms with Gasteiger partial charge in [-0.1, -0.05) is 30.3 Å². The van der Waals surface area contributed by atoms with Crippen LogP contribution in [0.25, 0.3) is 22.4 Å². The van der Waals surface area contributed by atoms with Crippen molar-refractivity contribution in [2.24, 2.45) is 0 Å². The number of nitrogens with zero attached hydrogens (tertiary/aromatic N) is 2. The van der Waals surface area contributed by atoms with E-state index < -0.39 is 5.82 Å². The van der Waals surface area contributed by atoms with Crippen molar-refractivity contribution in [2.75, 3.05) is 18.4 Å². The summed E-state index contributed by atoms with van der Waals surface area (Å²) in [6.45, 7) is 1.90. The van der Waals surface area contributed by atoms with E-state index in [1.807, 2.05) is 24.3 Å². The van der Waals surface area contributed by atoms with Crippen molar-refractivity contribution in [2.45, 2.75) is 18.9 Å². The molecule has 2 N–H and O–H groups in total. The molecule has 0 unspecified atom stereocenters. The van der Waals surface area contributed by atoms with Crippen LogP contribution >= 0.6 is 0 Å². The molecule has 1 saturated heterocycles. The van der Waals surface area contributed by atoms with E-state index in [1.54, 1.807) is 12.1 Å². The average Bonchev–Trinajstić information content (AvgIpc) is 2.71. The third-order valence-electron chi connectivity index (χ3n) is 4.73. The van der Waals surface area contributed by atoms with Crippen LogP contribution in [0.2, 0.25) is 0 Å². The van der Waals surface area contributed by atoms with Crippen molar-refractivity contribution < 1.29 is 8.78 Å². The molecule has 0 spiro atoms. The van der Waals surface area contributed by atoms with Crippen molar-refractivity contribution in [1.82, 2.24) is 15.3 Å². The van der Waals surface area contributed by atoms with E-state index in [2.05, 4.69) is 20.6 Å². The molecule has 6 heteroatoms. The minimum absolute atomic E-state index is 0.255. The van der Waals surface area contributed by atoms with E-state index in [0.717, 1.165) is 37.1 Å². The number of benzene rings is 2. The predicted molar refractivity (Wildman–Crippen MR) is 102 cm³/mol. The van der Waals surface area contributed by atoms with Crippen LogP contribution in [0.5, 0.6) is 0 Å². The van der Waals surface area contributed by atoms with Gasteiger partial charge in [-0.2, -0.15) is 0 Å². The van der Waals surface area contributed by atoms with Crippen molar-refractivity contribution in [3.63, 3.8) is 0 Å². The maximum atomic E-state index is 14.4. The Balaban J connectivity index is 1.63. The lowest BCUT2D eigenvalue weighted by molar-refractivity contribution is 0.477. The number of rotatable bonds is 4. The Bertz CT molecular complexity index is 922. The van der Waals surface area contributed by atoms with Crippen LogP contribution in [-0.2, 0) is 0 Å². The molecule has 0 aliphatic carbocycles. The number of nitrogens with one attached hydrogen (secondary N) is 2. The summed E-state index contributed by atoms with van der Waals surface area (Å²) in [5.41, 5.74) is 2.65. The van der Waals surface area contributed by atoms with Gasteiger partial charge >= 0.3 is 0 Å². The quantitative estimate of drug-likeness (QED) is 0.725. The second-order valence-corrected chi connectivity index (χ2v) is 6.65. The first-order chi connectivity index (χ1) is 13.2. The summed E-state index contributed by atoms with van der Waals surface area (Å²) in [7, 11) is 0. The Hall–Kier alpha value is -2.86. The molecule has 0 bridgehead atoms. The Labute approximate surface area is 156 Å². The maximum Gasteiger partial charge on any atom is 0.223 e. The third kappa shape index (κ3) is 4.11. The summed E-state index contributed by atoms with van der Waals surface area (Å²) in [4.78, 5) is 8.50. The van der Waals surface area contributed by atoms with E-state index in [1.165, 1.54) is 18.3 Å². The van der Waals surface area contributed by atoms with Crippen LogP contribution < -0.4 is 10.6 Å². The molecular weight excluding hydrogens is 346 g/mol. The fraction of sp³-hybridized carbons (Fsp3) is 0.238. The number of hydrogen-bond donors (Lipinski definition) is 2. The highest BCUT2D eigenvalue weighted by Crippen LogP contribution is 2.27. The molecule has 0 saturated carbocycles. The topological polar surface area (TPSA) is 49.8 Å². The van der Waals surface area contributed by atoms with Crippen molar-refractivity contribution in [3.8, 4) is 22.4 Å². The highest BCUT2D eigenvalue weighted by molar-refractivity contribution is 5.71. The Morgan fingerprint density at radius 3 is 2.44 bits per heavy atom. The van der Waals surface area contributed by atoms with E-state index in [4.69, 9.17) is 0 Å². The molecule has 2 heterocycles. The van der Waals surface area contributed by atoms with E-state index in [0.29, 0.717) is 11.5 Å². The second kappa shape index (κ2) is 7.80. The minimum Gasteiger partial charge on any atom is -0.351 e. The third-order valence-corrected chi connectivity index (χ3v) is 4.73. The minimum atomic E-state index is -0.470. The predicted octanol–water partition coefficient (Wildman–Crippen LogP) is 4.25. The number of piperidine rings is 1. The lowest BCUT2D eigenvalue weighted by Crippen LogP contribution is -2.35. The van der Waals surface area contributed by atoms with Crippen LogP contribution in [0.1, 0.15) is 12.8 Å². The second-order valence-electron chi connectivity index (χ2n) is 6.65. The fourth-order valence-corrected chi connectivity index (χ4v) is 3.28. The summed E-state index contributed by atoms with van der Waals surface area (Å²) in [5.74, 6) is -0.321. The van der Waals surface area contributed by atoms with Crippen molar-refractivity contribution in [1.29, 1.82) is 0 Å². The standard InChI is InChI=1S/C21H20F2N4/c22-17-6-4-14(5-7-17)15-2-1-3-16(12-15)20-19(23)13-25-21(27-20)26-18-8-10-24-11-9-18/h1-7,12-13,18,24H,8-11H2,(H,25,26,27). The molecule has 2 aromatic carbocycles. The first-order valence-electron chi connectivity index (χ1n) is 9.05. The highest BCUT2D eigenvalue weighted by Gasteiger charge is 2.16. The zero-order valence-corrected chi connectivity index (χ0v) is 14.8. The Morgan fingerprint density at radius 1 is 0.926 bits per heavy atom. The van der Waals surface area contributed by atoms with Gasteiger partial charge in [0.25, 0.3) is 0 Å². The molecule has 4 rings (SSSR count). The molecule has 1 aliphatic heterocycles. The van der Waals surface area contributed by atoms with E-state index >= 15 is 0 Å². The molecule has 1 fully saturated rings. The number of anilines is 1. The molecule has 4 nitrogen and oxygen atoms in total. The first-order valence-corrected chi connectivity index (χ1v) is 9.05. The summed E-state index contributed by atoms with van der Waals surface area (Å²) in [6.07, 6.45) is 3.17. The maximum absolute atomic E-state index is 14.4. The SMILES string of the molecule is Fc1ccc(-c2cccc(-c3nc(NC4CCNCC4)ncc3F)c2)cc1. The molecule has 1 aliphatic rings. The van der Waals surface area contributed by atoms with Gasteiger partial charge in [0.15, 0.2) is 5.82 Å². The summed E-state index contributed by atoms with van der Waals surface area (Å²) in [6, 6.07) is 13.9. The van der Waals surface area contributed by atoms with Gasteiger partial charge in [0.1, 0.15) is 11.5 Å². The molecular formula is C21H20F2N4. The molecule has 3 aromatic rings. The van der Waals surface area contributed by atoms with Crippen LogP contribution in [0.15, 0.2) is 54.7 Å². The van der Waals surface area contributed by atoms with Gasteiger partial charge in [-0.3, -0.25) is 0 Å². The average molecular weight is 366 g/mol. The largest absolute Gasteiger partial charge is 0.351 e. The van der Waals surface area contributed by atoms with Gasteiger partial charge in [-0.05, 0) is 55.3 Å². The van der Waals surface area contributed by atoms with Gasteiger partial charge in [0.05, 0.1) is 6.20 Å². The van der Waals surface area contributed by atoms with E-state index in [-0.39, 0.29) is 17.6 Å². The van der Waals surface area contributed by atoms with Crippen LogP contribution in [0.4, 0.5) is 14.7 Å². The molecule has 1 aromatic heterocycles. The van der Waals surface area contributed by atoms with E-state index in [9.17, 15) is 8.78 Å². The van der Waals surface area contributed by atoms with Gasteiger partial charge in [0, 0.05) is 11.6 Å². The van der Waals surface area contributed by atoms with Crippen molar-refractivity contribution in [3.05, 3.63) is 66.4 Å². The lowest BCUT2D eigenvalue weighted by Gasteiger charge is -2.23. The molecule has 27 heavy (non-hydrogen) atoms. The molecule has 0 amide bonds. The number of aromatic nitrogens is 2. The Morgan fingerprint density at radius 2 is 1.67 bits per heavy atom. The van der Waals surface area contributed by atoms with Gasteiger partial charge in [-0.15, -0.1) is 0 Å². The summed E-state index contributed by atoms with van der Waals surface area (Å²) >= 11 is 0. The molecule has 138 valence electrons. The van der Waals surface area contributed by atoms with Crippen LogP contribution in [0.3, 0.4) is 0 Å². The smallest absolute Gasteiger partial charge is 0.223 e. The summed E-state index contributed by atoms with van der Waals surface area (Å²) in [5, 5.41) is 6.61. The fourth-order valence-electron chi connectivity index (χ4n) is 3.28. The monoisotopic (exact) mass is 366 g/mol. The van der Waals surface area contributed by atoms with Crippen LogP contribution in [0, 0.1) is 11.6 Å². The summed E-state index contributed by atoms with van der Waals surface area (Å²) < 4.78 is 27.6. The highest BCUT2D eigenvalue weighted by atomic mass is 19.1. The lowest BCUT2D eigenvalue weighted by atomic mass is 10.0. The molecule has 0 atom stereocenters. The first kappa shape index (κ1) is 17.5. The zero-order valence-electron chi connectivity index (χ0n) is 14.8. The van der Waals surface area contributed by atoms with Gasteiger partial charge in [-0.25, -0.2) is 18.7 Å². The number of hydrogen-bond acceptors (Lipinski definition) is 4. The number of halogens is 2.